The van der Waals surface area contributed by atoms with Gasteiger partial charge in [0, 0.05) is 6.20 Å². The number of nitrogens with zero attached hydrogens (tertiary/aromatic N) is 1. The number of rotatable bonds is 3. The molecule has 0 saturated carbocycles. The summed E-state index contributed by atoms with van der Waals surface area (Å²) in [6.07, 6.45) is 3.42. The number of nitrogens with two attached hydrogens (primary N) is 1. The topological polar surface area (TPSA) is 38.9 Å². The molecular formula is C9H11FN2. The normalized spacial score (nSPS) is 9.83. The molecule has 0 atom stereocenters. The molecule has 0 aliphatic rings. The molecule has 2 nitrogen and oxygen atoms in total. The molecule has 0 radical (unpaired) electrons. The third kappa shape index (κ3) is 2.13. The van der Waals surface area contributed by atoms with Crippen LogP contribution >= 0.6 is 0 Å². The first-order valence-corrected chi connectivity index (χ1v) is 3.73. The van der Waals surface area contributed by atoms with Gasteiger partial charge in [0.1, 0.15) is 5.82 Å². The van der Waals surface area contributed by atoms with Crippen molar-refractivity contribution >= 4 is 5.57 Å². The molecule has 0 amide bonds. The van der Waals surface area contributed by atoms with E-state index in [9.17, 15) is 4.39 Å². The molecule has 2 N–H and O–H groups in total. The smallest absolute Gasteiger partial charge is 0.142 e. The minimum atomic E-state index is -0.342. The fourth-order valence-corrected chi connectivity index (χ4v) is 0.924. The van der Waals surface area contributed by atoms with Crippen LogP contribution in [-0.4, -0.2) is 11.5 Å². The summed E-state index contributed by atoms with van der Waals surface area (Å²) in [7, 11) is 0. The van der Waals surface area contributed by atoms with Crippen molar-refractivity contribution in [2.45, 2.75) is 6.42 Å². The SMILES string of the molecule is C=C(CCN)c1cncc(F)c1. The molecule has 0 aliphatic carbocycles. The van der Waals surface area contributed by atoms with Crippen molar-refractivity contribution in [1.29, 1.82) is 0 Å². The van der Waals surface area contributed by atoms with Crippen LogP contribution in [0.3, 0.4) is 0 Å². The number of hydrogen-bond donors (Lipinski definition) is 1. The predicted molar refractivity (Wildman–Crippen MR) is 46.9 cm³/mol. The zero-order valence-corrected chi connectivity index (χ0v) is 6.76. The number of aromatic nitrogens is 1. The van der Waals surface area contributed by atoms with Crippen LogP contribution in [0.15, 0.2) is 25.0 Å². The lowest BCUT2D eigenvalue weighted by molar-refractivity contribution is 0.620. The lowest BCUT2D eigenvalue weighted by atomic mass is 10.1. The molecule has 1 heterocycles. The van der Waals surface area contributed by atoms with Crippen molar-refractivity contribution in [2.75, 3.05) is 6.54 Å². The summed E-state index contributed by atoms with van der Waals surface area (Å²) in [5.41, 5.74) is 6.88. The Morgan fingerprint density at radius 1 is 1.58 bits per heavy atom. The van der Waals surface area contributed by atoms with Gasteiger partial charge in [-0.1, -0.05) is 6.58 Å². The third-order valence-corrected chi connectivity index (χ3v) is 1.56. The standard InChI is InChI=1S/C9H11FN2/c1-7(2-3-11)8-4-9(10)6-12-5-8/h4-6H,1-3,11H2. The molecule has 3 heteroatoms. The highest BCUT2D eigenvalue weighted by Gasteiger charge is 1.99. The highest BCUT2D eigenvalue weighted by atomic mass is 19.1. The third-order valence-electron chi connectivity index (χ3n) is 1.56. The van der Waals surface area contributed by atoms with Gasteiger partial charge in [-0.3, -0.25) is 4.98 Å². The summed E-state index contributed by atoms with van der Waals surface area (Å²) >= 11 is 0. The molecule has 0 saturated heterocycles. The van der Waals surface area contributed by atoms with E-state index in [1.165, 1.54) is 12.3 Å². The monoisotopic (exact) mass is 166 g/mol. The Kier molecular flexibility index (Phi) is 2.94. The first-order chi connectivity index (χ1) is 5.74. The zero-order chi connectivity index (χ0) is 8.97. The Labute approximate surface area is 70.9 Å². The van der Waals surface area contributed by atoms with Gasteiger partial charge in [-0.05, 0) is 30.2 Å². The largest absolute Gasteiger partial charge is 0.330 e. The van der Waals surface area contributed by atoms with Crippen molar-refractivity contribution in [3.05, 3.63) is 36.4 Å². The summed E-state index contributed by atoms with van der Waals surface area (Å²) in [4.78, 5) is 3.71. The maximum atomic E-state index is 12.6. The van der Waals surface area contributed by atoms with Crippen LogP contribution in [0.4, 0.5) is 4.39 Å². The lowest BCUT2D eigenvalue weighted by Crippen LogP contribution is -1.99. The van der Waals surface area contributed by atoms with Gasteiger partial charge in [-0.2, -0.15) is 0 Å². The van der Waals surface area contributed by atoms with Gasteiger partial charge in [0.2, 0.25) is 0 Å². The fraction of sp³-hybridized carbons (Fsp3) is 0.222. The second-order valence-electron chi connectivity index (χ2n) is 2.53. The summed E-state index contributed by atoms with van der Waals surface area (Å²) in [5.74, 6) is -0.342. The van der Waals surface area contributed by atoms with Crippen LogP contribution in [-0.2, 0) is 0 Å². The van der Waals surface area contributed by atoms with E-state index in [0.717, 1.165) is 11.1 Å². The molecular weight excluding hydrogens is 155 g/mol. The molecule has 0 unspecified atom stereocenters. The van der Waals surface area contributed by atoms with Crippen molar-refractivity contribution < 1.29 is 4.39 Å². The number of hydrogen-bond acceptors (Lipinski definition) is 2. The summed E-state index contributed by atoms with van der Waals surface area (Å²) in [6, 6.07) is 1.41. The van der Waals surface area contributed by atoms with Crippen molar-refractivity contribution in [3.63, 3.8) is 0 Å². The Hall–Kier alpha value is -1.22. The van der Waals surface area contributed by atoms with Crippen LogP contribution in [0.2, 0.25) is 0 Å². The van der Waals surface area contributed by atoms with Gasteiger partial charge in [0.05, 0.1) is 6.20 Å². The van der Waals surface area contributed by atoms with E-state index in [1.807, 2.05) is 0 Å². The van der Waals surface area contributed by atoms with Crippen molar-refractivity contribution in [1.82, 2.24) is 4.98 Å². The van der Waals surface area contributed by atoms with Gasteiger partial charge in [0.15, 0.2) is 0 Å². The summed E-state index contributed by atoms with van der Waals surface area (Å²) in [5, 5.41) is 0. The first kappa shape index (κ1) is 8.87. The Balaban J connectivity index is 2.81. The van der Waals surface area contributed by atoms with Gasteiger partial charge in [-0.25, -0.2) is 4.39 Å². The predicted octanol–water partition coefficient (Wildman–Crippen LogP) is 1.58. The average Bonchev–Trinajstić information content (AvgIpc) is 2.05. The fourth-order valence-electron chi connectivity index (χ4n) is 0.924. The Bertz CT molecular complexity index is 284. The summed E-state index contributed by atoms with van der Waals surface area (Å²) in [6.45, 7) is 4.29. The van der Waals surface area contributed by atoms with Crippen LogP contribution in [0.5, 0.6) is 0 Å². The van der Waals surface area contributed by atoms with Crippen LogP contribution in [0.1, 0.15) is 12.0 Å². The molecule has 1 aromatic rings. The van der Waals surface area contributed by atoms with Crippen LogP contribution < -0.4 is 5.73 Å². The van der Waals surface area contributed by atoms with Crippen molar-refractivity contribution in [3.8, 4) is 0 Å². The van der Waals surface area contributed by atoms with E-state index in [1.54, 1.807) is 6.20 Å². The van der Waals surface area contributed by atoms with Gasteiger partial charge in [-0.15, -0.1) is 0 Å². The van der Waals surface area contributed by atoms with E-state index < -0.39 is 0 Å². The molecule has 1 rings (SSSR count). The Morgan fingerprint density at radius 3 is 2.92 bits per heavy atom. The van der Waals surface area contributed by atoms with Crippen LogP contribution in [0, 0.1) is 5.82 Å². The second kappa shape index (κ2) is 3.97. The molecule has 0 aliphatic heterocycles. The maximum absolute atomic E-state index is 12.6. The minimum Gasteiger partial charge on any atom is -0.330 e. The van der Waals surface area contributed by atoms with E-state index >= 15 is 0 Å². The highest BCUT2D eigenvalue weighted by Crippen LogP contribution is 2.14. The quantitative estimate of drug-likeness (QED) is 0.740. The molecule has 0 bridgehead atoms. The molecule has 12 heavy (non-hydrogen) atoms. The molecule has 0 fully saturated rings. The zero-order valence-electron chi connectivity index (χ0n) is 6.76. The van der Waals surface area contributed by atoms with E-state index in [2.05, 4.69) is 11.6 Å². The molecule has 0 aromatic carbocycles. The number of halogens is 1. The Morgan fingerprint density at radius 2 is 2.33 bits per heavy atom. The molecule has 1 aromatic heterocycles. The minimum absolute atomic E-state index is 0.342. The van der Waals surface area contributed by atoms with Gasteiger partial charge < -0.3 is 5.73 Å². The van der Waals surface area contributed by atoms with Crippen molar-refractivity contribution in [2.24, 2.45) is 5.73 Å². The second-order valence-corrected chi connectivity index (χ2v) is 2.53. The lowest BCUT2D eigenvalue weighted by Gasteiger charge is -2.02. The van der Waals surface area contributed by atoms with E-state index in [4.69, 9.17) is 5.73 Å². The van der Waals surface area contributed by atoms with Gasteiger partial charge in [0.25, 0.3) is 0 Å². The maximum Gasteiger partial charge on any atom is 0.142 e. The molecule has 0 spiro atoms. The summed E-state index contributed by atoms with van der Waals surface area (Å²) < 4.78 is 12.6. The highest BCUT2D eigenvalue weighted by molar-refractivity contribution is 5.62. The average molecular weight is 166 g/mol. The van der Waals surface area contributed by atoms with Crippen LogP contribution in [0.25, 0.3) is 5.57 Å². The molecule has 64 valence electrons. The first-order valence-electron chi connectivity index (χ1n) is 3.73. The van der Waals surface area contributed by atoms with E-state index in [0.29, 0.717) is 13.0 Å². The number of pyridine rings is 1. The van der Waals surface area contributed by atoms with Gasteiger partial charge >= 0.3 is 0 Å². The van der Waals surface area contributed by atoms with E-state index in [-0.39, 0.29) is 5.82 Å².